The highest BCUT2D eigenvalue weighted by atomic mass is 16.6. The molecule has 0 aliphatic rings. The monoisotopic (exact) mass is 384 g/mol. The van der Waals surface area contributed by atoms with Gasteiger partial charge < -0.3 is 29.2 Å². The second-order valence-electron chi connectivity index (χ2n) is 5.87. The number of esters is 3. The Morgan fingerprint density at radius 1 is 0.889 bits per heavy atom. The Bertz CT molecular complexity index is 635. The van der Waals surface area contributed by atoms with Gasteiger partial charge in [-0.25, -0.2) is 14.4 Å². The van der Waals surface area contributed by atoms with Crippen LogP contribution in [0.3, 0.4) is 0 Å². The van der Waals surface area contributed by atoms with E-state index in [4.69, 9.17) is 14.2 Å². The summed E-state index contributed by atoms with van der Waals surface area (Å²) in [5, 5.41) is 19.7. The number of carbonyl (C=O) groups excluding carboxylic acids is 4. The molecule has 0 unspecified atom stereocenters. The number of rotatable bonds is 11. The van der Waals surface area contributed by atoms with Crippen molar-refractivity contribution in [3.8, 4) is 0 Å². The Balaban J connectivity index is 5.77. The van der Waals surface area contributed by atoms with E-state index in [0.29, 0.717) is 0 Å². The summed E-state index contributed by atoms with van der Waals surface area (Å²) in [5.41, 5.74) is -0.0396. The third-order valence-corrected chi connectivity index (χ3v) is 3.12. The number of hydrogen-bond acceptors (Lipinski definition) is 9. The summed E-state index contributed by atoms with van der Waals surface area (Å²) in [6, 6.07) is 0. The van der Waals surface area contributed by atoms with Gasteiger partial charge in [0.05, 0.1) is 0 Å². The lowest BCUT2D eigenvalue weighted by Gasteiger charge is -2.31. The first-order chi connectivity index (χ1) is 12.4. The van der Waals surface area contributed by atoms with E-state index in [1.54, 1.807) is 0 Å². The number of hydrogen-bond donors (Lipinski definition) is 2. The molecule has 27 heavy (non-hydrogen) atoms. The standard InChI is InChI=1S/C18H24O9/c1-9(2)16(22)25-8-13(26-17(23)10(3)4)15(14(21)12(20)7-19)27-18(24)11(5)6/h7,12-15,20-21H,1,3,5,8H2,2,4,6H3/t12-,13-,14-,15-/m1/s1. The Hall–Kier alpha value is -2.78. The third kappa shape index (κ3) is 7.97. The average Bonchev–Trinajstić information content (AvgIpc) is 2.60. The summed E-state index contributed by atoms with van der Waals surface area (Å²) in [7, 11) is 0. The molecule has 0 fully saturated rings. The highest BCUT2D eigenvalue weighted by Crippen LogP contribution is 2.16. The summed E-state index contributed by atoms with van der Waals surface area (Å²) < 4.78 is 15.0. The van der Waals surface area contributed by atoms with Gasteiger partial charge >= 0.3 is 17.9 Å². The fraction of sp³-hybridized carbons (Fsp3) is 0.444. The molecule has 0 amide bonds. The van der Waals surface area contributed by atoms with Crippen molar-refractivity contribution < 1.29 is 43.6 Å². The maximum atomic E-state index is 11.9. The molecule has 0 spiro atoms. The molecule has 0 aromatic heterocycles. The molecule has 0 aromatic carbocycles. The van der Waals surface area contributed by atoms with Crippen LogP contribution in [0.15, 0.2) is 36.5 Å². The van der Waals surface area contributed by atoms with Gasteiger partial charge in [0, 0.05) is 16.7 Å². The smallest absolute Gasteiger partial charge is 0.333 e. The molecule has 0 aliphatic carbocycles. The molecule has 0 saturated heterocycles. The first-order valence-electron chi connectivity index (χ1n) is 7.79. The lowest BCUT2D eigenvalue weighted by molar-refractivity contribution is -0.186. The predicted octanol–water partition coefficient (Wildman–Crippen LogP) is 0.00220. The van der Waals surface area contributed by atoms with Gasteiger partial charge in [0.1, 0.15) is 18.8 Å². The molecule has 4 atom stereocenters. The van der Waals surface area contributed by atoms with Gasteiger partial charge in [-0.1, -0.05) is 19.7 Å². The second kappa shape index (κ2) is 11.0. The van der Waals surface area contributed by atoms with Crippen molar-refractivity contribution in [2.45, 2.75) is 45.2 Å². The molecular weight excluding hydrogens is 360 g/mol. The highest BCUT2D eigenvalue weighted by Gasteiger charge is 2.39. The first kappa shape index (κ1) is 24.2. The number of ether oxygens (including phenoxy) is 3. The maximum absolute atomic E-state index is 11.9. The topological polar surface area (TPSA) is 136 Å². The molecule has 0 aliphatic heterocycles. The Morgan fingerprint density at radius 3 is 1.74 bits per heavy atom. The molecule has 9 nitrogen and oxygen atoms in total. The average molecular weight is 384 g/mol. The Morgan fingerprint density at radius 2 is 1.33 bits per heavy atom. The molecule has 0 heterocycles. The Kier molecular flexibility index (Phi) is 9.91. The van der Waals surface area contributed by atoms with E-state index in [1.165, 1.54) is 20.8 Å². The fourth-order valence-corrected chi connectivity index (χ4v) is 1.58. The molecule has 9 heteroatoms. The van der Waals surface area contributed by atoms with Gasteiger partial charge in [-0.3, -0.25) is 0 Å². The molecule has 0 radical (unpaired) electrons. The highest BCUT2D eigenvalue weighted by molar-refractivity contribution is 5.88. The van der Waals surface area contributed by atoms with Crippen LogP contribution in [0.5, 0.6) is 0 Å². The molecule has 2 N–H and O–H groups in total. The maximum Gasteiger partial charge on any atom is 0.333 e. The van der Waals surface area contributed by atoms with Crippen LogP contribution in [-0.2, 0) is 33.4 Å². The van der Waals surface area contributed by atoms with E-state index in [2.05, 4.69) is 19.7 Å². The zero-order valence-corrected chi connectivity index (χ0v) is 15.5. The van der Waals surface area contributed by atoms with Crippen molar-refractivity contribution in [1.82, 2.24) is 0 Å². The van der Waals surface area contributed by atoms with Crippen molar-refractivity contribution >= 4 is 24.2 Å². The summed E-state index contributed by atoms with van der Waals surface area (Å²) >= 11 is 0. The van der Waals surface area contributed by atoms with Gasteiger partial charge in [-0.15, -0.1) is 0 Å². The summed E-state index contributed by atoms with van der Waals surface area (Å²) in [4.78, 5) is 46.1. The van der Waals surface area contributed by atoms with Crippen molar-refractivity contribution in [3.63, 3.8) is 0 Å². The van der Waals surface area contributed by atoms with E-state index in [1.807, 2.05) is 0 Å². The first-order valence-corrected chi connectivity index (χ1v) is 7.79. The van der Waals surface area contributed by atoms with Gasteiger partial charge in [-0.05, 0) is 20.8 Å². The lowest BCUT2D eigenvalue weighted by atomic mass is 10.0. The van der Waals surface area contributed by atoms with Crippen LogP contribution in [0.25, 0.3) is 0 Å². The zero-order chi connectivity index (χ0) is 21.3. The lowest BCUT2D eigenvalue weighted by Crippen LogP contribution is -2.51. The van der Waals surface area contributed by atoms with Crippen LogP contribution in [-0.4, -0.2) is 65.4 Å². The van der Waals surface area contributed by atoms with Crippen LogP contribution >= 0.6 is 0 Å². The number of aliphatic hydroxyl groups is 2. The second-order valence-corrected chi connectivity index (χ2v) is 5.87. The van der Waals surface area contributed by atoms with Crippen LogP contribution in [0.1, 0.15) is 20.8 Å². The van der Waals surface area contributed by atoms with Crippen LogP contribution in [0.4, 0.5) is 0 Å². The van der Waals surface area contributed by atoms with E-state index in [0.717, 1.165) is 0 Å². The molecule has 150 valence electrons. The van der Waals surface area contributed by atoms with Crippen LogP contribution < -0.4 is 0 Å². The molecule has 0 aromatic rings. The molecular formula is C18H24O9. The fourth-order valence-electron chi connectivity index (χ4n) is 1.58. The summed E-state index contributed by atoms with van der Waals surface area (Å²) in [5.74, 6) is -2.75. The van der Waals surface area contributed by atoms with Gasteiger partial charge in [-0.2, -0.15) is 0 Å². The SMILES string of the molecule is C=C(C)C(=O)OC[C@@H](OC(=O)C(=C)C)[C@@H](OC(=O)C(=C)C)[C@H](O)[C@H](O)C=O. The largest absolute Gasteiger partial charge is 0.458 e. The van der Waals surface area contributed by atoms with E-state index in [-0.39, 0.29) is 23.0 Å². The van der Waals surface area contributed by atoms with Crippen molar-refractivity contribution in [2.24, 2.45) is 0 Å². The summed E-state index contributed by atoms with van der Waals surface area (Å²) in [6.45, 7) is 13.5. The van der Waals surface area contributed by atoms with E-state index >= 15 is 0 Å². The number of aldehydes is 1. The van der Waals surface area contributed by atoms with Crippen molar-refractivity contribution in [3.05, 3.63) is 36.5 Å². The van der Waals surface area contributed by atoms with Gasteiger partial charge in [0.2, 0.25) is 0 Å². The van der Waals surface area contributed by atoms with Crippen LogP contribution in [0, 0.1) is 0 Å². The number of carbonyl (C=O) groups is 4. The minimum atomic E-state index is -1.97. The minimum Gasteiger partial charge on any atom is -0.458 e. The van der Waals surface area contributed by atoms with Gasteiger partial charge in [0.25, 0.3) is 0 Å². The Labute approximate surface area is 156 Å². The predicted molar refractivity (Wildman–Crippen MR) is 93.2 cm³/mol. The van der Waals surface area contributed by atoms with Gasteiger partial charge in [0.15, 0.2) is 18.5 Å². The third-order valence-electron chi connectivity index (χ3n) is 3.12. The minimum absolute atomic E-state index is 0.00377. The van der Waals surface area contributed by atoms with Crippen molar-refractivity contribution in [2.75, 3.05) is 6.61 Å². The summed E-state index contributed by atoms with van der Waals surface area (Å²) in [6.07, 6.45) is -7.22. The number of aliphatic hydroxyl groups excluding tert-OH is 2. The van der Waals surface area contributed by atoms with E-state index in [9.17, 15) is 29.4 Å². The normalized spacial score (nSPS) is 14.7. The van der Waals surface area contributed by atoms with Crippen LogP contribution in [0.2, 0.25) is 0 Å². The quantitative estimate of drug-likeness (QED) is 0.218. The van der Waals surface area contributed by atoms with E-state index < -0.39 is 48.9 Å². The molecule has 0 bridgehead atoms. The molecule has 0 saturated carbocycles. The zero-order valence-electron chi connectivity index (χ0n) is 15.5. The van der Waals surface area contributed by atoms with Crippen molar-refractivity contribution in [1.29, 1.82) is 0 Å². The molecule has 0 rings (SSSR count).